The molecule has 0 aromatic heterocycles. The van der Waals surface area contributed by atoms with Crippen LogP contribution in [0.1, 0.15) is 27.9 Å². The minimum Gasteiger partial charge on any atom is -0.507 e. The number of phenols is 2. The summed E-state index contributed by atoms with van der Waals surface area (Å²) in [6.45, 7) is 0. The summed E-state index contributed by atoms with van der Waals surface area (Å²) >= 11 is 0. The summed E-state index contributed by atoms with van der Waals surface area (Å²) in [4.78, 5) is 11.4. The highest BCUT2D eigenvalue weighted by Gasteiger charge is 2.22. The van der Waals surface area contributed by atoms with Crippen molar-refractivity contribution in [3.63, 3.8) is 0 Å². The quantitative estimate of drug-likeness (QED) is 0.674. The van der Waals surface area contributed by atoms with E-state index in [9.17, 15) is 15.0 Å². The highest BCUT2D eigenvalue weighted by atomic mass is 16.3. The Labute approximate surface area is 139 Å². The van der Waals surface area contributed by atoms with Crippen LogP contribution in [-0.4, -0.2) is 16.5 Å². The number of phenolic OH excluding ortho intramolecular Hbond substituents is 2. The molecule has 0 saturated carbocycles. The molecular formula is C21H16O3. The molecule has 2 N–H and O–H groups in total. The predicted octanol–water partition coefficient (Wildman–Crippen LogP) is 4.69. The lowest BCUT2D eigenvalue weighted by Crippen LogP contribution is -2.01. The zero-order chi connectivity index (χ0) is 16.7. The first kappa shape index (κ1) is 14.5. The molecule has 0 radical (unpaired) electrons. The van der Waals surface area contributed by atoms with Crippen molar-refractivity contribution >= 4 is 23.1 Å². The van der Waals surface area contributed by atoms with Gasteiger partial charge < -0.3 is 10.2 Å². The van der Waals surface area contributed by atoms with Crippen molar-refractivity contribution in [2.24, 2.45) is 0 Å². The van der Waals surface area contributed by atoms with Crippen molar-refractivity contribution in [3.8, 4) is 22.6 Å². The van der Waals surface area contributed by atoms with Crippen molar-refractivity contribution in [2.75, 3.05) is 0 Å². The van der Waals surface area contributed by atoms with Crippen LogP contribution in [-0.2, 0) is 6.42 Å². The maximum absolute atomic E-state index is 11.4. The van der Waals surface area contributed by atoms with Crippen LogP contribution in [0, 0.1) is 0 Å². The number of fused-ring (bicyclic) bond motifs is 2. The molecule has 3 heteroatoms. The van der Waals surface area contributed by atoms with E-state index in [0.717, 1.165) is 34.7 Å². The Morgan fingerprint density at radius 1 is 1.00 bits per heavy atom. The molecule has 3 aromatic carbocycles. The monoisotopic (exact) mass is 316 g/mol. The summed E-state index contributed by atoms with van der Waals surface area (Å²) in [6, 6.07) is 12.9. The molecule has 0 aliphatic heterocycles. The summed E-state index contributed by atoms with van der Waals surface area (Å²) in [5, 5.41) is 23.1. The van der Waals surface area contributed by atoms with Crippen LogP contribution in [0.3, 0.4) is 0 Å². The Morgan fingerprint density at radius 2 is 1.83 bits per heavy atom. The zero-order valence-corrected chi connectivity index (χ0v) is 13.0. The molecule has 0 unspecified atom stereocenters. The largest absolute Gasteiger partial charge is 0.507 e. The van der Waals surface area contributed by atoms with E-state index in [0.29, 0.717) is 17.4 Å². The first-order valence-electron chi connectivity index (χ1n) is 7.92. The number of carbonyl (C=O) groups excluding carboxylic acids is 1. The first-order valence-corrected chi connectivity index (χ1v) is 7.92. The topological polar surface area (TPSA) is 57.5 Å². The van der Waals surface area contributed by atoms with Crippen LogP contribution in [0.25, 0.3) is 28.0 Å². The average molecular weight is 316 g/mol. The van der Waals surface area contributed by atoms with Crippen molar-refractivity contribution in [3.05, 3.63) is 65.2 Å². The SMILES string of the molecule is O=Cc1cc2c(c(-c3c(O)ccc4ccccc34)c1O)CCC=C2. The summed E-state index contributed by atoms with van der Waals surface area (Å²) in [7, 11) is 0. The number of benzene rings is 3. The van der Waals surface area contributed by atoms with Gasteiger partial charge in [0.2, 0.25) is 0 Å². The van der Waals surface area contributed by atoms with Crippen LogP contribution >= 0.6 is 0 Å². The van der Waals surface area contributed by atoms with Crippen molar-refractivity contribution in [1.29, 1.82) is 0 Å². The first-order chi connectivity index (χ1) is 11.7. The van der Waals surface area contributed by atoms with Crippen molar-refractivity contribution in [2.45, 2.75) is 12.8 Å². The second-order valence-corrected chi connectivity index (χ2v) is 6.00. The van der Waals surface area contributed by atoms with Gasteiger partial charge >= 0.3 is 0 Å². The van der Waals surface area contributed by atoms with E-state index in [1.54, 1.807) is 12.1 Å². The van der Waals surface area contributed by atoms with E-state index in [4.69, 9.17) is 0 Å². The fourth-order valence-corrected chi connectivity index (χ4v) is 3.49. The number of rotatable bonds is 2. The molecule has 0 saturated heterocycles. The van der Waals surface area contributed by atoms with E-state index < -0.39 is 0 Å². The standard InChI is InChI=1S/C21H16O3/c22-12-15-11-14-6-2-4-8-17(14)20(21(15)24)19-16-7-3-1-5-13(16)9-10-18(19)23/h1-3,5-7,9-12,23-24H,4,8H2. The average Bonchev–Trinajstić information content (AvgIpc) is 2.62. The molecule has 3 nitrogen and oxygen atoms in total. The van der Waals surface area contributed by atoms with Crippen molar-refractivity contribution < 1.29 is 15.0 Å². The van der Waals surface area contributed by atoms with Gasteiger partial charge in [0.15, 0.2) is 6.29 Å². The van der Waals surface area contributed by atoms with Crippen LogP contribution in [0.15, 0.2) is 48.5 Å². The number of aromatic hydroxyl groups is 2. The lowest BCUT2D eigenvalue weighted by molar-refractivity contribution is 0.112. The van der Waals surface area contributed by atoms with E-state index in [1.807, 2.05) is 36.4 Å². The Balaban J connectivity index is 2.17. The van der Waals surface area contributed by atoms with E-state index in [-0.39, 0.29) is 17.1 Å². The van der Waals surface area contributed by atoms with Gasteiger partial charge in [0.05, 0.1) is 5.56 Å². The van der Waals surface area contributed by atoms with Gasteiger partial charge in [0, 0.05) is 11.1 Å². The molecule has 118 valence electrons. The lowest BCUT2D eigenvalue weighted by atomic mass is 9.85. The number of hydrogen-bond acceptors (Lipinski definition) is 3. The van der Waals surface area contributed by atoms with Crippen LogP contribution in [0.2, 0.25) is 0 Å². The molecule has 1 aliphatic carbocycles. The van der Waals surface area contributed by atoms with Crippen LogP contribution in [0.5, 0.6) is 11.5 Å². The normalized spacial score (nSPS) is 13.0. The second kappa shape index (κ2) is 5.53. The zero-order valence-electron chi connectivity index (χ0n) is 13.0. The van der Waals surface area contributed by atoms with Gasteiger partial charge in [-0.05, 0) is 46.9 Å². The number of aldehydes is 1. The van der Waals surface area contributed by atoms with Gasteiger partial charge in [-0.25, -0.2) is 0 Å². The highest BCUT2D eigenvalue weighted by molar-refractivity contribution is 6.04. The highest BCUT2D eigenvalue weighted by Crippen LogP contribution is 2.46. The third-order valence-electron chi connectivity index (χ3n) is 4.61. The van der Waals surface area contributed by atoms with Gasteiger partial charge in [-0.15, -0.1) is 0 Å². The Hall–Kier alpha value is -3.07. The number of hydrogen-bond donors (Lipinski definition) is 2. The Morgan fingerprint density at radius 3 is 2.67 bits per heavy atom. The fourth-order valence-electron chi connectivity index (χ4n) is 3.49. The number of carbonyl (C=O) groups is 1. The second-order valence-electron chi connectivity index (χ2n) is 6.00. The van der Waals surface area contributed by atoms with Crippen LogP contribution < -0.4 is 0 Å². The summed E-state index contributed by atoms with van der Waals surface area (Å²) < 4.78 is 0. The summed E-state index contributed by atoms with van der Waals surface area (Å²) in [5.41, 5.74) is 3.27. The van der Waals surface area contributed by atoms with Gasteiger partial charge in [0.25, 0.3) is 0 Å². The molecule has 0 amide bonds. The summed E-state index contributed by atoms with van der Waals surface area (Å²) in [5.74, 6) is 0.0366. The molecule has 4 rings (SSSR count). The smallest absolute Gasteiger partial charge is 0.153 e. The lowest BCUT2D eigenvalue weighted by Gasteiger charge is -2.20. The summed E-state index contributed by atoms with van der Waals surface area (Å²) in [6.07, 6.45) is 6.31. The van der Waals surface area contributed by atoms with E-state index in [1.165, 1.54) is 0 Å². The molecule has 0 fully saturated rings. The third-order valence-corrected chi connectivity index (χ3v) is 4.61. The predicted molar refractivity (Wildman–Crippen MR) is 95.5 cm³/mol. The van der Waals surface area contributed by atoms with Crippen LogP contribution in [0.4, 0.5) is 0 Å². The van der Waals surface area contributed by atoms with E-state index in [2.05, 4.69) is 6.08 Å². The molecule has 0 atom stereocenters. The molecule has 24 heavy (non-hydrogen) atoms. The minimum atomic E-state index is -0.0642. The Kier molecular flexibility index (Phi) is 3.35. The Bertz CT molecular complexity index is 1000. The molecular weight excluding hydrogens is 300 g/mol. The molecule has 0 heterocycles. The molecule has 0 bridgehead atoms. The van der Waals surface area contributed by atoms with E-state index >= 15 is 0 Å². The third kappa shape index (κ3) is 2.09. The minimum absolute atomic E-state index is 0.0642. The molecule has 1 aliphatic rings. The molecule has 3 aromatic rings. The maximum Gasteiger partial charge on any atom is 0.153 e. The maximum atomic E-state index is 11.4. The van der Waals surface area contributed by atoms with Gasteiger partial charge in [-0.3, -0.25) is 4.79 Å². The number of allylic oxidation sites excluding steroid dienone is 1. The molecule has 0 spiro atoms. The van der Waals surface area contributed by atoms with Crippen molar-refractivity contribution in [1.82, 2.24) is 0 Å². The van der Waals surface area contributed by atoms with Gasteiger partial charge in [-0.1, -0.05) is 42.5 Å². The fraction of sp³-hybridized carbons (Fsp3) is 0.0952. The van der Waals surface area contributed by atoms with Gasteiger partial charge in [-0.2, -0.15) is 0 Å². The van der Waals surface area contributed by atoms with Gasteiger partial charge in [0.1, 0.15) is 11.5 Å².